The fraction of sp³-hybridized carbons (Fsp3) is 0.462. The monoisotopic (exact) mass is 385 g/mol. The molecule has 0 aliphatic heterocycles. The maximum absolute atomic E-state index is 12.5. The van der Waals surface area contributed by atoms with E-state index in [-0.39, 0.29) is 12.5 Å². The number of carbonyl (C=O) groups is 1. The molecule has 106 valence electrons. The van der Waals surface area contributed by atoms with Gasteiger partial charge in [-0.1, -0.05) is 26.0 Å². The number of hydrogen-bond acceptors (Lipinski definition) is 1. The van der Waals surface area contributed by atoms with Crippen LogP contribution in [0.25, 0.3) is 0 Å². The molecule has 0 radical (unpaired) electrons. The first-order chi connectivity index (χ1) is 8.70. The summed E-state index contributed by atoms with van der Waals surface area (Å²) in [5.41, 5.74) is 0.313. The van der Waals surface area contributed by atoms with Gasteiger partial charge in [0.2, 0.25) is 0 Å². The van der Waals surface area contributed by atoms with Gasteiger partial charge in [0.05, 0.1) is 5.56 Å². The van der Waals surface area contributed by atoms with Crippen LogP contribution in [0.4, 0.5) is 13.2 Å². The third-order valence-electron chi connectivity index (χ3n) is 2.35. The molecule has 0 saturated heterocycles. The molecule has 0 aliphatic rings. The highest BCUT2D eigenvalue weighted by atomic mass is 127. The Bertz CT molecular complexity index is 446. The molecule has 0 spiro atoms. The molecule has 0 N–H and O–H groups in total. The van der Waals surface area contributed by atoms with Crippen molar-refractivity contribution in [1.29, 1.82) is 0 Å². The van der Waals surface area contributed by atoms with E-state index in [2.05, 4.69) is 0 Å². The summed E-state index contributed by atoms with van der Waals surface area (Å²) in [7, 11) is 0. The van der Waals surface area contributed by atoms with Crippen molar-refractivity contribution in [3.8, 4) is 0 Å². The first kappa shape index (κ1) is 16.3. The molecule has 6 heteroatoms. The lowest BCUT2D eigenvalue weighted by Crippen LogP contribution is -2.41. The summed E-state index contributed by atoms with van der Waals surface area (Å²) in [6, 6.07) is 6.65. The highest BCUT2D eigenvalue weighted by Crippen LogP contribution is 2.21. The van der Waals surface area contributed by atoms with Gasteiger partial charge in [0.25, 0.3) is 5.91 Å². The third-order valence-corrected chi connectivity index (χ3v) is 3.29. The van der Waals surface area contributed by atoms with Crippen molar-refractivity contribution in [2.75, 3.05) is 13.1 Å². The van der Waals surface area contributed by atoms with Gasteiger partial charge in [0.15, 0.2) is 0 Å². The second kappa shape index (κ2) is 6.58. The Morgan fingerprint density at radius 3 is 2.37 bits per heavy atom. The van der Waals surface area contributed by atoms with E-state index >= 15 is 0 Å². The quantitative estimate of drug-likeness (QED) is 0.719. The van der Waals surface area contributed by atoms with E-state index in [1.54, 1.807) is 38.1 Å². The third kappa shape index (κ3) is 5.38. The van der Waals surface area contributed by atoms with Gasteiger partial charge in [-0.05, 0) is 40.6 Å². The van der Waals surface area contributed by atoms with Crippen LogP contribution in [0.2, 0.25) is 0 Å². The molecule has 1 aromatic carbocycles. The average molecular weight is 385 g/mol. The first-order valence-corrected chi connectivity index (χ1v) is 6.89. The lowest BCUT2D eigenvalue weighted by atomic mass is 10.1. The number of halogens is 4. The van der Waals surface area contributed by atoms with E-state index in [0.717, 1.165) is 4.90 Å². The Labute approximate surface area is 124 Å². The largest absolute Gasteiger partial charge is 0.406 e. The van der Waals surface area contributed by atoms with Crippen molar-refractivity contribution in [2.45, 2.75) is 20.0 Å². The minimum Gasteiger partial charge on any atom is -0.329 e. The minimum atomic E-state index is -4.38. The number of alkyl halides is 3. The van der Waals surface area contributed by atoms with Crippen LogP contribution in [-0.2, 0) is 0 Å². The molecule has 0 aromatic heterocycles. The fourth-order valence-corrected chi connectivity index (χ4v) is 2.30. The summed E-state index contributed by atoms with van der Waals surface area (Å²) in [6.45, 7) is 2.44. The Balaban J connectivity index is 2.97. The van der Waals surface area contributed by atoms with E-state index in [0.29, 0.717) is 9.13 Å². The second-order valence-electron chi connectivity index (χ2n) is 4.67. The van der Waals surface area contributed by atoms with Crippen molar-refractivity contribution in [3.05, 3.63) is 33.4 Å². The van der Waals surface area contributed by atoms with Gasteiger partial charge in [-0.3, -0.25) is 4.79 Å². The topological polar surface area (TPSA) is 20.3 Å². The summed E-state index contributed by atoms with van der Waals surface area (Å²) >= 11 is 1.95. The van der Waals surface area contributed by atoms with Crippen LogP contribution in [0.5, 0.6) is 0 Å². The smallest absolute Gasteiger partial charge is 0.329 e. The van der Waals surface area contributed by atoms with Crippen molar-refractivity contribution in [2.24, 2.45) is 5.92 Å². The van der Waals surface area contributed by atoms with Gasteiger partial charge in [-0.25, -0.2) is 0 Å². The van der Waals surface area contributed by atoms with Gasteiger partial charge in [-0.15, -0.1) is 0 Å². The molecule has 0 aliphatic carbocycles. The molecule has 1 aromatic rings. The van der Waals surface area contributed by atoms with Crippen LogP contribution in [0.1, 0.15) is 24.2 Å². The highest BCUT2D eigenvalue weighted by molar-refractivity contribution is 14.1. The molecular weight excluding hydrogens is 370 g/mol. The average Bonchev–Trinajstić information content (AvgIpc) is 2.25. The molecule has 0 fully saturated rings. The van der Waals surface area contributed by atoms with Crippen LogP contribution in [0, 0.1) is 9.49 Å². The van der Waals surface area contributed by atoms with E-state index in [1.807, 2.05) is 22.6 Å². The van der Waals surface area contributed by atoms with E-state index in [4.69, 9.17) is 0 Å². The Kier molecular flexibility index (Phi) is 5.64. The number of carbonyl (C=O) groups excluding carboxylic acids is 1. The van der Waals surface area contributed by atoms with Crippen LogP contribution in [-0.4, -0.2) is 30.1 Å². The number of rotatable bonds is 4. The summed E-state index contributed by atoms with van der Waals surface area (Å²) < 4.78 is 38.3. The lowest BCUT2D eigenvalue weighted by molar-refractivity contribution is -0.141. The summed E-state index contributed by atoms with van der Waals surface area (Å²) in [5.74, 6) is -0.594. The van der Waals surface area contributed by atoms with E-state index in [1.165, 1.54) is 0 Å². The highest BCUT2D eigenvalue weighted by Gasteiger charge is 2.33. The molecule has 1 amide bonds. The maximum atomic E-state index is 12.5. The normalized spacial score (nSPS) is 11.7. The Morgan fingerprint density at radius 2 is 1.89 bits per heavy atom. The lowest BCUT2D eigenvalue weighted by Gasteiger charge is -2.26. The van der Waals surface area contributed by atoms with Crippen molar-refractivity contribution in [1.82, 2.24) is 4.90 Å². The molecule has 0 atom stereocenters. The molecule has 0 heterocycles. The standard InChI is InChI=1S/C13H15F3INO/c1-9(2)7-18(8-13(14,15)16)12(19)10-5-3-4-6-11(10)17/h3-6,9H,7-8H2,1-2H3. The predicted molar refractivity (Wildman–Crippen MR) is 76.0 cm³/mol. The zero-order chi connectivity index (χ0) is 14.6. The fourth-order valence-electron chi connectivity index (χ4n) is 1.68. The number of amides is 1. The van der Waals surface area contributed by atoms with Gasteiger partial charge in [-0.2, -0.15) is 13.2 Å². The molecule has 2 nitrogen and oxygen atoms in total. The molecule has 0 bridgehead atoms. The maximum Gasteiger partial charge on any atom is 0.406 e. The van der Waals surface area contributed by atoms with Crippen LogP contribution >= 0.6 is 22.6 Å². The Morgan fingerprint density at radius 1 is 1.32 bits per heavy atom. The zero-order valence-electron chi connectivity index (χ0n) is 10.7. The molecule has 1 rings (SSSR count). The Hall–Kier alpha value is -0.790. The van der Waals surface area contributed by atoms with Crippen LogP contribution < -0.4 is 0 Å². The predicted octanol–water partition coefficient (Wildman–Crippen LogP) is 3.95. The molecule has 19 heavy (non-hydrogen) atoms. The summed E-state index contributed by atoms with van der Waals surface area (Å²) in [6.07, 6.45) is -4.38. The zero-order valence-corrected chi connectivity index (χ0v) is 12.8. The number of nitrogens with zero attached hydrogens (tertiary/aromatic N) is 1. The molecule has 0 saturated carbocycles. The van der Waals surface area contributed by atoms with Crippen molar-refractivity contribution >= 4 is 28.5 Å². The van der Waals surface area contributed by atoms with Crippen LogP contribution in [0.3, 0.4) is 0 Å². The second-order valence-corrected chi connectivity index (χ2v) is 5.84. The van der Waals surface area contributed by atoms with Gasteiger partial charge in [0.1, 0.15) is 6.54 Å². The number of hydrogen-bond donors (Lipinski definition) is 0. The van der Waals surface area contributed by atoms with Crippen molar-refractivity contribution in [3.63, 3.8) is 0 Å². The van der Waals surface area contributed by atoms with E-state index < -0.39 is 18.6 Å². The van der Waals surface area contributed by atoms with E-state index in [9.17, 15) is 18.0 Å². The van der Waals surface area contributed by atoms with Gasteiger partial charge >= 0.3 is 6.18 Å². The van der Waals surface area contributed by atoms with Crippen molar-refractivity contribution < 1.29 is 18.0 Å². The summed E-state index contributed by atoms with van der Waals surface area (Å²) in [5, 5.41) is 0. The van der Waals surface area contributed by atoms with Gasteiger partial charge < -0.3 is 4.90 Å². The number of benzene rings is 1. The molecular formula is C13H15F3INO. The molecule has 0 unspecified atom stereocenters. The summed E-state index contributed by atoms with van der Waals surface area (Å²) in [4.78, 5) is 13.1. The van der Waals surface area contributed by atoms with Crippen LogP contribution in [0.15, 0.2) is 24.3 Å². The SMILES string of the molecule is CC(C)CN(CC(F)(F)F)C(=O)c1ccccc1I. The minimum absolute atomic E-state index is 0.0207. The van der Waals surface area contributed by atoms with Gasteiger partial charge in [0, 0.05) is 10.1 Å². The first-order valence-electron chi connectivity index (χ1n) is 5.81.